The number of carbonyl (C=O) groups excluding carboxylic acids is 1. The average Bonchev–Trinajstić information content (AvgIpc) is 2.01. The van der Waals surface area contributed by atoms with Crippen LogP contribution in [0.5, 0.6) is 0 Å². The van der Waals surface area contributed by atoms with Gasteiger partial charge in [-0.15, -0.1) is 0 Å². The fourth-order valence-corrected chi connectivity index (χ4v) is 2.39. The molecule has 14 heavy (non-hydrogen) atoms. The van der Waals surface area contributed by atoms with Crippen LogP contribution in [0.25, 0.3) is 0 Å². The van der Waals surface area contributed by atoms with Crippen molar-refractivity contribution < 1.29 is 4.79 Å². The van der Waals surface area contributed by atoms with Crippen LogP contribution >= 0.6 is 0 Å². The summed E-state index contributed by atoms with van der Waals surface area (Å²) in [5, 5.41) is 3.04. The van der Waals surface area contributed by atoms with Gasteiger partial charge in [-0.25, -0.2) is 0 Å². The Kier molecular flexibility index (Phi) is 3.73. The Morgan fingerprint density at radius 2 is 2.00 bits per heavy atom. The zero-order valence-electron chi connectivity index (χ0n) is 9.47. The minimum absolute atomic E-state index is 0.0790. The lowest BCUT2D eigenvalue weighted by Gasteiger charge is -2.35. The van der Waals surface area contributed by atoms with Gasteiger partial charge in [-0.05, 0) is 38.0 Å². The van der Waals surface area contributed by atoms with Crippen LogP contribution in [0.15, 0.2) is 12.2 Å². The van der Waals surface area contributed by atoms with Crippen molar-refractivity contribution in [1.29, 1.82) is 0 Å². The van der Waals surface area contributed by atoms with Crippen molar-refractivity contribution in [3.05, 3.63) is 12.2 Å². The van der Waals surface area contributed by atoms with E-state index in [4.69, 9.17) is 0 Å². The molecule has 2 nitrogen and oxygen atoms in total. The van der Waals surface area contributed by atoms with E-state index in [-0.39, 0.29) is 5.91 Å². The number of hydrogen-bond acceptors (Lipinski definition) is 1. The van der Waals surface area contributed by atoms with Gasteiger partial charge in [0.1, 0.15) is 0 Å². The minimum atomic E-state index is 0.0790. The largest absolute Gasteiger partial charge is 0.353 e. The van der Waals surface area contributed by atoms with Crippen molar-refractivity contribution in [3.63, 3.8) is 0 Å². The lowest BCUT2D eigenvalue weighted by molar-refractivity contribution is -0.120. The van der Waals surface area contributed by atoms with Crippen molar-refractivity contribution in [3.8, 4) is 0 Å². The smallest absolute Gasteiger partial charge is 0.217 e. The molecule has 80 valence electrons. The molecule has 0 spiro atoms. The van der Waals surface area contributed by atoms with Crippen molar-refractivity contribution in [2.75, 3.05) is 0 Å². The van der Waals surface area contributed by atoms with Gasteiger partial charge in [-0.3, -0.25) is 4.79 Å². The van der Waals surface area contributed by atoms with Crippen LogP contribution in [0, 0.1) is 11.8 Å². The third-order valence-electron chi connectivity index (χ3n) is 3.13. The predicted octanol–water partition coefficient (Wildman–Crippen LogP) is 2.50. The topological polar surface area (TPSA) is 29.1 Å². The first-order valence-electron chi connectivity index (χ1n) is 5.43. The molecule has 0 radical (unpaired) electrons. The minimum Gasteiger partial charge on any atom is -0.353 e. The molecule has 0 saturated heterocycles. The average molecular weight is 195 g/mol. The maximum atomic E-state index is 11.0. The summed E-state index contributed by atoms with van der Waals surface area (Å²) in [4.78, 5) is 11.0. The summed E-state index contributed by atoms with van der Waals surface area (Å²) < 4.78 is 0. The van der Waals surface area contributed by atoms with Crippen molar-refractivity contribution in [2.24, 2.45) is 11.8 Å². The van der Waals surface area contributed by atoms with Crippen molar-refractivity contribution >= 4 is 5.91 Å². The summed E-state index contributed by atoms with van der Waals surface area (Å²) in [6.07, 6.45) is 3.52. The van der Waals surface area contributed by atoms with Gasteiger partial charge in [0.05, 0.1) is 0 Å². The molecule has 2 heteroatoms. The highest BCUT2D eigenvalue weighted by molar-refractivity contribution is 5.73. The molecular weight excluding hydrogens is 174 g/mol. The number of amides is 1. The molecule has 0 aliphatic heterocycles. The Morgan fingerprint density at radius 1 is 1.36 bits per heavy atom. The highest BCUT2D eigenvalue weighted by atomic mass is 16.1. The summed E-state index contributed by atoms with van der Waals surface area (Å²) in [6, 6.07) is 0.314. The molecule has 1 fully saturated rings. The number of hydrogen-bond donors (Lipinski definition) is 1. The van der Waals surface area contributed by atoms with Crippen molar-refractivity contribution in [2.45, 2.75) is 46.1 Å². The van der Waals surface area contributed by atoms with Crippen LogP contribution in [0.2, 0.25) is 0 Å². The summed E-state index contributed by atoms with van der Waals surface area (Å²) in [7, 11) is 0. The second-order valence-corrected chi connectivity index (χ2v) is 4.68. The number of nitrogens with one attached hydrogen (secondary N) is 1. The summed E-state index contributed by atoms with van der Waals surface area (Å²) >= 11 is 0. The molecule has 1 N–H and O–H groups in total. The number of carbonyl (C=O) groups is 1. The highest BCUT2D eigenvalue weighted by Gasteiger charge is 2.29. The maximum absolute atomic E-state index is 11.0. The van der Waals surface area contributed by atoms with Gasteiger partial charge < -0.3 is 5.32 Å². The predicted molar refractivity (Wildman–Crippen MR) is 58.9 cm³/mol. The molecule has 0 aromatic heterocycles. The molecule has 0 heterocycles. The monoisotopic (exact) mass is 195 g/mol. The second-order valence-electron chi connectivity index (χ2n) is 4.68. The molecule has 0 aromatic rings. The van der Waals surface area contributed by atoms with Crippen LogP contribution in [-0.4, -0.2) is 11.9 Å². The molecule has 1 saturated carbocycles. The normalized spacial score (nSPS) is 32.4. The van der Waals surface area contributed by atoms with Gasteiger partial charge >= 0.3 is 0 Å². The molecule has 1 amide bonds. The first-order chi connectivity index (χ1) is 6.50. The van der Waals surface area contributed by atoms with E-state index < -0.39 is 0 Å². The molecule has 1 aliphatic rings. The summed E-state index contributed by atoms with van der Waals surface area (Å²) in [5.74, 6) is 1.29. The molecule has 1 aliphatic carbocycles. The molecule has 3 unspecified atom stereocenters. The Labute approximate surface area is 86.8 Å². The van der Waals surface area contributed by atoms with Gasteiger partial charge in [0.15, 0.2) is 0 Å². The van der Waals surface area contributed by atoms with Crippen LogP contribution < -0.4 is 5.32 Å². The zero-order valence-corrected chi connectivity index (χ0v) is 9.47. The van der Waals surface area contributed by atoms with Crippen LogP contribution in [0.3, 0.4) is 0 Å². The van der Waals surface area contributed by atoms with Crippen molar-refractivity contribution in [1.82, 2.24) is 5.32 Å². The quantitative estimate of drug-likeness (QED) is 0.674. The standard InChI is InChI=1S/C12H21NO/c1-8(2)11-6-5-9(3)7-12(11)13-10(4)14/h9,11-12H,1,5-7H2,2-4H3,(H,13,14). The van der Waals surface area contributed by atoms with E-state index in [0.717, 1.165) is 12.3 Å². The zero-order chi connectivity index (χ0) is 10.7. The van der Waals surface area contributed by atoms with Crippen LogP contribution in [0.1, 0.15) is 40.0 Å². The molecular formula is C12H21NO. The van der Waals surface area contributed by atoms with E-state index in [1.54, 1.807) is 6.92 Å². The third-order valence-corrected chi connectivity index (χ3v) is 3.13. The van der Waals surface area contributed by atoms with E-state index in [1.807, 2.05) is 0 Å². The lowest BCUT2D eigenvalue weighted by Crippen LogP contribution is -2.43. The summed E-state index contributed by atoms with van der Waals surface area (Å²) in [6.45, 7) is 9.92. The van der Waals surface area contributed by atoms with E-state index in [0.29, 0.717) is 12.0 Å². The second kappa shape index (κ2) is 4.63. The van der Waals surface area contributed by atoms with E-state index >= 15 is 0 Å². The van der Waals surface area contributed by atoms with Gasteiger partial charge in [-0.2, -0.15) is 0 Å². The summed E-state index contributed by atoms with van der Waals surface area (Å²) in [5.41, 5.74) is 1.20. The molecule has 1 rings (SSSR count). The van der Waals surface area contributed by atoms with E-state index in [2.05, 4.69) is 25.7 Å². The van der Waals surface area contributed by atoms with Gasteiger partial charge in [-0.1, -0.05) is 19.1 Å². The Morgan fingerprint density at radius 3 is 2.50 bits per heavy atom. The Balaban J connectivity index is 2.63. The molecule has 0 aromatic carbocycles. The number of rotatable bonds is 2. The van der Waals surface area contributed by atoms with E-state index in [9.17, 15) is 4.79 Å². The Bertz CT molecular complexity index is 234. The fraction of sp³-hybridized carbons (Fsp3) is 0.750. The lowest BCUT2D eigenvalue weighted by atomic mass is 9.76. The van der Waals surface area contributed by atoms with E-state index in [1.165, 1.54) is 18.4 Å². The van der Waals surface area contributed by atoms with Gasteiger partial charge in [0.2, 0.25) is 5.91 Å². The molecule has 0 bridgehead atoms. The SMILES string of the molecule is C=C(C)C1CCC(C)CC1NC(C)=O. The Hall–Kier alpha value is -0.790. The first kappa shape index (κ1) is 11.3. The fourth-order valence-electron chi connectivity index (χ4n) is 2.39. The molecule has 3 atom stereocenters. The third kappa shape index (κ3) is 2.86. The van der Waals surface area contributed by atoms with Crippen LogP contribution in [0.4, 0.5) is 0 Å². The highest BCUT2D eigenvalue weighted by Crippen LogP contribution is 2.32. The van der Waals surface area contributed by atoms with Gasteiger partial charge in [0.25, 0.3) is 0 Å². The first-order valence-corrected chi connectivity index (χ1v) is 5.43. The van der Waals surface area contributed by atoms with Gasteiger partial charge in [0, 0.05) is 13.0 Å². The van der Waals surface area contributed by atoms with Crippen LogP contribution in [-0.2, 0) is 4.79 Å². The maximum Gasteiger partial charge on any atom is 0.217 e.